The number of anilines is 1. The molecule has 2 heterocycles. The number of benzene rings is 1. The summed E-state index contributed by atoms with van der Waals surface area (Å²) in [5.74, 6) is -1.88. The molecule has 25 heavy (non-hydrogen) atoms. The summed E-state index contributed by atoms with van der Waals surface area (Å²) in [6.07, 6.45) is 1.80. The summed E-state index contributed by atoms with van der Waals surface area (Å²) in [5, 5.41) is 9.22. The molecule has 0 bridgehead atoms. The molecule has 3 rings (SSSR count). The van der Waals surface area contributed by atoms with Gasteiger partial charge in [0, 0.05) is 31.0 Å². The summed E-state index contributed by atoms with van der Waals surface area (Å²) in [4.78, 5) is 37.8. The molecule has 0 saturated carbocycles. The van der Waals surface area contributed by atoms with Crippen LogP contribution in [0.4, 0.5) is 5.69 Å². The Kier molecular flexibility index (Phi) is 4.51. The first kappa shape index (κ1) is 16.7. The van der Waals surface area contributed by atoms with E-state index in [4.69, 9.17) is 0 Å². The second kappa shape index (κ2) is 6.76. The molecule has 0 aliphatic carbocycles. The van der Waals surface area contributed by atoms with E-state index in [1.54, 1.807) is 36.1 Å². The maximum Gasteiger partial charge on any atom is 0.310 e. The topological polar surface area (TPSA) is 96.3 Å². The number of nitrogens with one attached hydrogen (secondary N) is 2. The van der Waals surface area contributed by atoms with E-state index in [2.05, 4.69) is 15.7 Å². The number of fused-ring (bicyclic) bond motifs is 1. The molecule has 1 aromatic heterocycles. The lowest BCUT2D eigenvalue weighted by Gasteiger charge is -2.13. The highest BCUT2D eigenvalue weighted by molar-refractivity contribution is 6.35. The van der Waals surface area contributed by atoms with Crippen molar-refractivity contribution in [3.8, 4) is 0 Å². The zero-order valence-corrected chi connectivity index (χ0v) is 14.0. The van der Waals surface area contributed by atoms with Crippen molar-refractivity contribution in [1.29, 1.82) is 0 Å². The molecule has 0 saturated heterocycles. The molecule has 0 spiro atoms. The second-order valence-electron chi connectivity index (χ2n) is 5.84. The van der Waals surface area contributed by atoms with Gasteiger partial charge in [0.15, 0.2) is 0 Å². The number of amides is 3. The van der Waals surface area contributed by atoms with E-state index >= 15 is 0 Å². The third-order valence-electron chi connectivity index (χ3n) is 4.07. The number of rotatable bonds is 4. The van der Waals surface area contributed by atoms with Crippen LogP contribution in [-0.2, 0) is 20.9 Å². The molecule has 3 amide bonds. The van der Waals surface area contributed by atoms with Crippen LogP contribution in [0.3, 0.4) is 0 Å². The number of hydrogen-bond donors (Lipinski definition) is 2. The summed E-state index contributed by atoms with van der Waals surface area (Å²) >= 11 is 0. The summed E-state index contributed by atoms with van der Waals surface area (Å²) in [6.45, 7) is 2.60. The van der Waals surface area contributed by atoms with E-state index in [1.165, 1.54) is 4.90 Å². The SMILES string of the molecule is Cc1ccn(CCNC(=O)C(=O)N[C@H]2C(=O)N(C)c3ccccc32)n1. The second-order valence-corrected chi connectivity index (χ2v) is 5.84. The molecule has 1 aliphatic heterocycles. The summed E-state index contributed by atoms with van der Waals surface area (Å²) in [6, 6.07) is 8.18. The fourth-order valence-corrected chi connectivity index (χ4v) is 2.77. The van der Waals surface area contributed by atoms with Gasteiger partial charge >= 0.3 is 11.8 Å². The first-order valence-corrected chi connectivity index (χ1v) is 7.92. The lowest BCUT2D eigenvalue weighted by molar-refractivity contribution is -0.140. The van der Waals surface area contributed by atoms with Crippen LogP contribution >= 0.6 is 0 Å². The van der Waals surface area contributed by atoms with Crippen LogP contribution in [0.25, 0.3) is 0 Å². The third kappa shape index (κ3) is 3.37. The normalized spacial score (nSPS) is 15.8. The Balaban J connectivity index is 1.56. The van der Waals surface area contributed by atoms with Crippen LogP contribution in [0.1, 0.15) is 17.3 Å². The molecule has 2 aromatic rings. The predicted octanol–water partition coefficient (Wildman–Crippen LogP) is 0.142. The molecule has 0 fully saturated rings. The van der Waals surface area contributed by atoms with Crippen LogP contribution < -0.4 is 15.5 Å². The first-order chi connectivity index (χ1) is 12.0. The average molecular weight is 341 g/mol. The standard InChI is InChI=1S/C17H19N5O3/c1-11-7-9-22(20-11)10-8-18-15(23)16(24)19-14-12-5-3-4-6-13(12)21(2)17(14)25/h3-7,9,14H,8,10H2,1-2H3,(H,18,23)(H,19,24)/t14-/m1/s1. The van der Waals surface area contributed by atoms with Crippen LogP contribution in [0.2, 0.25) is 0 Å². The van der Waals surface area contributed by atoms with Crippen molar-refractivity contribution in [2.75, 3.05) is 18.5 Å². The van der Waals surface area contributed by atoms with Gasteiger partial charge in [0.2, 0.25) is 0 Å². The van der Waals surface area contributed by atoms with Gasteiger partial charge in [0.05, 0.1) is 12.2 Å². The number of carbonyl (C=O) groups is 3. The molecule has 1 aromatic carbocycles. The Bertz CT molecular complexity index is 829. The first-order valence-electron chi connectivity index (χ1n) is 7.92. The maximum atomic E-state index is 12.3. The van der Waals surface area contributed by atoms with E-state index in [-0.39, 0.29) is 12.5 Å². The summed E-state index contributed by atoms with van der Waals surface area (Å²) in [7, 11) is 1.64. The largest absolute Gasteiger partial charge is 0.346 e. The highest BCUT2D eigenvalue weighted by Gasteiger charge is 2.36. The third-order valence-corrected chi connectivity index (χ3v) is 4.07. The van der Waals surface area contributed by atoms with E-state index in [0.29, 0.717) is 12.1 Å². The van der Waals surface area contributed by atoms with Gasteiger partial charge in [-0.1, -0.05) is 18.2 Å². The maximum absolute atomic E-state index is 12.3. The lowest BCUT2D eigenvalue weighted by Crippen LogP contribution is -2.44. The van der Waals surface area contributed by atoms with E-state index in [1.807, 2.05) is 19.1 Å². The molecule has 8 heteroatoms. The van der Waals surface area contributed by atoms with Gasteiger partial charge in [-0.2, -0.15) is 5.10 Å². The smallest absolute Gasteiger partial charge is 0.310 e. The van der Waals surface area contributed by atoms with Crippen molar-refractivity contribution < 1.29 is 14.4 Å². The Morgan fingerprint density at radius 3 is 2.68 bits per heavy atom. The summed E-state index contributed by atoms with van der Waals surface area (Å²) in [5.41, 5.74) is 2.29. The summed E-state index contributed by atoms with van der Waals surface area (Å²) < 4.78 is 1.68. The number of hydrogen-bond acceptors (Lipinski definition) is 4. The minimum Gasteiger partial charge on any atom is -0.346 e. The van der Waals surface area contributed by atoms with Crippen LogP contribution in [0.15, 0.2) is 36.5 Å². The number of aromatic nitrogens is 2. The molecule has 8 nitrogen and oxygen atoms in total. The highest BCUT2D eigenvalue weighted by atomic mass is 16.2. The van der Waals surface area contributed by atoms with Gasteiger partial charge in [-0.05, 0) is 19.1 Å². The zero-order valence-electron chi connectivity index (χ0n) is 14.0. The molecule has 1 aliphatic rings. The molecule has 0 unspecified atom stereocenters. The minimum atomic E-state index is -0.840. The van der Waals surface area contributed by atoms with Gasteiger partial charge in [0.25, 0.3) is 5.91 Å². The van der Waals surface area contributed by atoms with Crippen LogP contribution in [0.5, 0.6) is 0 Å². The number of nitrogens with zero attached hydrogens (tertiary/aromatic N) is 3. The van der Waals surface area contributed by atoms with Gasteiger partial charge in [-0.15, -0.1) is 0 Å². The quantitative estimate of drug-likeness (QED) is 0.773. The van der Waals surface area contributed by atoms with Gasteiger partial charge in [-0.25, -0.2) is 0 Å². The number of likely N-dealkylation sites (N-methyl/N-ethyl adjacent to an activating group) is 1. The Labute approximate surface area is 144 Å². The Morgan fingerprint density at radius 1 is 1.20 bits per heavy atom. The monoisotopic (exact) mass is 341 g/mol. The van der Waals surface area contributed by atoms with Crippen LogP contribution in [-0.4, -0.2) is 41.1 Å². The molecular weight excluding hydrogens is 322 g/mol. The van der Waals surface area contributed by atoms with Crippen molar-refractivity contribution in [3.05, 3.63) is 47.8 Å². The van der Waals surface area contributed by atoms with Crippen molar-refractivity contribution in [2.45, 2.75) is 19.5 Å². The molecule has 2 N–H and O–H groups in total. The van der Waals surface area contributed by atoms with Crippen molar-refractivity contribution in [1.82, 2.24) is 20.4 Å². The lowest BCUT2D eigenvalue weighted by atomic mass is 10.1. The van der Waals surface area contributed by atoms with Crippen molar-refractivity contribution >= 4 is 23.4 Å². The molecular formula is C17H19N5O3. The molecule has 1 atom stereocenters. The Morgan fingerprint density at radius 2 is 1.96 bits per heavy atom. The predicted molar refractivity (Wildman–Crippen MR) is 90.7 cm³/mol. The number of carbonyl (C=O) groups excluding carboxylic acids is 3. The number of para-hydroxylation sites is 1. The fraction of sp³-hybridized carbons (Fsp3) is 0.294. The van der Waals surface area contributed by atoms with Crippen molar-refractivity contribution in [3.63, 3.8) is 0 Å². The average Bonchev–Trinajstić information content (AvgIpc) is 3.12. The minimum absolute atomic E-state index is 0.266. The van der Waals surface area contributed by atoms with Gasteiger partial charge in [0.1, 0.15) is 6.04 Å². The van der Waals surface area contributed by atoms with Gasteiger partial charge in [-0.3, -0.25) is 19.1 Å². The Hall–Kier alpha value is -3.16. The molecule has 0 radical (unpaired) electrons. The van der Waals surface area contributed by atoms with Crippen LogP contribution in [0, 0.1) is 6.92 Å². The van der Waals surface area contributed by atoms with E-state index in [0.717, 1.165) is 11.4 Å². The zero-order chi connectivity index (χ0) is 18.0. The van der Waals surface area contributed by atoms with Crippen molar-refractivity contribution in [2.24, 2.45) is 0 Å². The van der Waals surface area contributed by atoms with E-state index < -0.39 is 17.9 Å². The van der Waals surface area contributed by atoms with E-state index in [9.17, 15) is 14.4 Å². The number of aryl methyl sites for hydroxylation is 1. The molecule has 130 valence electrons. The van der Waals surface area contributed by atoms with Gasteiger partial charge < -0.3 is 15.5 Å². The highest BCUT2D eigenvalue weighted by Crippen LogP contribution is 2.34. The fourth-order valence-electron chi connectivity index (χ4n) is 2.77.